The third-order valence-corrected chi connectivity index (χ3v) is 7.99. The number of hydrogen-bond donors (Lipinski definition) is 0. The zero-order chi connectivity index (χ0) is 24.7. The Morgan fingerprint density at radius 3 is 2.14 bits per heavy atom. The summed E-state index contributed by atoms with van der Waals surface area (Å²) in [5, 5.41) is 2.43. The Morgan fingerprint density at radius 1 is 0.861 bits per heavy atom. The fourth-order valence-corrected chi connectivity index (χ4v) is 6.00. The SMILES string of the molecule is CCc1c2c(c3ccccc3c1C)OC(c1ccc(OC)cc1)(c1ccc(N3CCCC3)cc1)C=C2. The van der Waals surface area contributed by atoms with Crippen LogP contribution < -0.4 is 14.4 Å². The van der Waals surface area contributed by atoms with Crippen molar-refractivity contribution in [1.82, 2.24) is 0 Å². The molecule has 1 atom stereocenters. The topological polar surface area (TPSA) is 21.7 Å². The fraction of sp³-hybridized carbons (Fsp3) is 0.273. The Bertz CT molecular complexity index is 1430. The molecule has 0 saturated carbocycles. The maximum Gasteiger partial charge on any atom is 0.178 e. The van der Waals surface area contributed by atoms with Gasteiger partial charge in [0.1, 0.15) is 11.5 Å². The Balaban J connectivity index is 1.54. The largest absolute Gasteiger partial charge is 0.497 e. The van der Waals surface area contributed by atoms with Gasteiger partial charge in [-0.2, -0.15) is 0 Å². The maximum atomic E-state index is 7.20. The van der Waals surface area contributed by atoms with Gasteiger partial charge in [0.05, 0.1) is 7.11 Å². The van der Waals surface area contributed by atoms with Crippen LogP contribution in [0.2, 0.25) is 0 Å². The van der Waals surface area contributed by atoms with Crippen LogP contribution in [0, 0.1) is 6.92 Å². The number of benzene rings is 4. The molecule has 0 radical (unpaired) electrons. The van der Waals surface area contributed by atoms with Gasteiger partial charge >= 0.3 is 0 Å². The highest BCUT2D eigenvalue weighted by Gasteiger charge is 2.38. The molecule has 6 rings (SSSR count). The van der Waals surface area contributed by atoms with Crippen molar-refractivity contribution in [2.75, 3.05) is 25.1 Å². The maximum absolute atomic E-state index is 7.20. The van der Waals surface area contributed by atoms with Crippen LogP contribution in [-0.2, 0) is 12.0 Å². The van der Waals surface area contributed by atoms with Gasteiger partial charge in [-0.25, -0.2) is 0 Å². The van der Waals surface area contributed by atoms with Crippen LogP contribution >= 0.6 is 0 Å². The molecule has 0 N–H and O–H groups in total. The first-order valence-corrected chi connectivity index (χ1v) is 13.1. The third-order valence-electron chi connectivity index (χ3n) is 7.99. The predicted octanol–water partition coefficient (Wildman–Crippen LogP) is 7.67. The average Bonchev–Trinajstić information content (AvgIpc) is 3.49. The molecule has 0 aromatic heterocycles. The summed E-state index contributed by atoms with van der Waals surface area (Å²) in [7, 11) is 1.70. The van der Waals surface area contributed by atoms with Gasteiger partial charge in [-0.15, -0.1) is 0 Å². The lowest BCUT2D eigenvalue weighted by Crippen LogP contribution is -2.34. The monoisotopic (exact) mass is 475 g/mol. The minimum Gasteiger partial charge on any atom is -0.497 e. The van der Waals surface area contributed by atoms with E-state index < -0.39 is 5.60 Å². The van der Waals surface area contributed by atoms with Crippen molar-refractivity contribution in [3.63, 3.8) is 0 Å². The first-order valence-electron chi connectivity index (χ1n) is 13.1. The van der Waals surface area contributed by atoms with E-state index in [-0.39, 0.29) is 0 Å². The molecule has 3 heteroatoms. The Labute approximate surface area is 214 Å². The minimum absolute atomic E-state index is 0.730. The van der Waals surface area contributed by atoms with Crippen molar-refractivity contribution < 1.29 is 9.47 Å². The summed E-state index contributed by atoms with van der Waals surface area (Å²) in [6, 6.07) is 25.9. The van der Waals surface area contributed by atoms with Gasteiger partial charge in [-0.05, 0) is 73.0 Å². The summed E-state index contributed by atoms with van der Waals surface area (Å²) >= 11 is 0. The van der Waals surface area contributed by atoms with E-state index in [0.29, 0.717) is 0 Å². The van der Waals surface area contributed by atoms with Gasteiger partial charge in [-0.1, -0.05) is 61.5 Å². The van der Waals surface area contributed by atoms with E-state index in [4.69, 9.17) is 9.47 Å². The van der Waals surface area contributed by atoms with Gasteiger partial charge < -0.3 is 14.4 Å². The molecule has 4 aromatic carbocycles. The number of fused-ring (bicyclic) bond motifs is 3. The predicted molar refractivity (Wildman–Crippen MR) is 149 cm³/mol. The molecule has 0 spiro atoms. The van der Waals surface area contributed by atoms with Gasteiger partial charge in [0.2, 0.25) is 0 Å². The van der Waals surface area contributed by atoms with E-state index >= 15 is 0 Å². The summed E-state index contributed by atoms with van der Waals surface area (Å²) in [6.45, 7) is 6.74. The van der Waals surface area contributed by atoms with Crippen molar-refractivity contribution in [3.05, 3.63) is 107 Å². The molecule has 1 saturated heterocycles. The lowest BCUT2D eigenvalue weighted by Gasteiger charge is -2.38. The van der Waals surface area contributed by atoms with E-state index in [2.05, 4.69) is 91.6 Å². The van der Waals surface area contributed by atoms with Crippen LogP contribution in [-0.4, -0.2) is 20.2 Å². The first-order chi connectivity index (χ1) is 17.6. The second-order valence-corrected chi connectivity index (χ2v) is 9.89. The highest BCUT2D eigenvalue weighted by molar-refractivity contribution is 5.96. The number of hydrogen-bond acceptors (Lipinski definition) is 3. The zero-order valence-electron chi connectivity index (χ0n) is 21.4. The van der Waals surface area contributed by atoms with E-state index in [1.165, 1.54) is 40.6 Å². The van der Waals surface area contributed by atoms with Crippen LogP contribution in [0.25, 0.3) is 16.8 Å². The number of ether oxygens (including phenoxy) is 2. The number of aryl methyl sites for hydroxylation is 1. The Kier molecular flexibility index (Phi) is 5.72. The quantitative estimate of drug-likeness (QED) is 0.296. The van der Waals surface area contributed by atoms with Crippen molar-refractivity contribution in [2.24, 2.45) is 0 Å². The smallest absolute Gasteiger partial charge is 0.178 e. The van der Waals surface area contributed by atoms with Gasteiger partial charge in [0.25, 0.3) is 0 Å². The molecule has 3 nitrogen and oxygen atoms in total. The molecule has 0 aliphatic carbocycles. The molecule has 182 valence electrons. The fourth-order valence-electron chi connectivity index (χ4n) is 6.00. The number of nitrogens with zero attached hydrogens (tertiary/aromatic N) is 1. The molecule has 2 aliphatic heterocycles. The van der Waals surface area contributed by atoms with Gasteiger partial charge in [0.15, 0.2) is 5.60 Å². The molecule has 1 fully saturated rings. The van der Waals surface area contributed by atoms with Crippen LogP contribution in [0.1, 0.15) is 47.6 Å². The van der Waals surface area contributed by atoms with Crippen LogP contribution in [0.5, 0.6) is 11.5 Å². The molecule has 0 bridgehead atoms. The Morgan fingerprint density at radius 2 is 1.50 bits per heavy atom. The first kappa shape index (κ1) is 22.7. The molecule has 1 unspecified atom stereocenters. The molecular formula is C33H33NO2. The van der Waals surface area contributed by atoms with E-state index in [0.717, 1.165) is 47.5 Å². The number of rotatable bonds is 5. The summed E-state index contributed by atoms with van der Waals surface area (Å²) in [6.07, 6.45) is 8.04. The summed E-state index contributed by atoms with van der Waals surface area (Å²) in [5.74, 6) is 1.81. The van der Waals surface area contributed by atoms with Crippen LogP contribution in [0.4, 0.5) is 5.69 Å². The summed E-state index contributed by atoms with van der Waals surface area (Å²) in [5.41, 5.74) is 6.66. The lowest BCUT2D eigenvalue weighted by atomic mass is 9.81. The zero-order valence-corrected chi connectivity index (χ0v) is 21.4. The summed E-state index contributed by atoms with van der Waals surface area (Å²) < 4.78 is 12.7. The van der Waals surface area contributed by atoms with Crippen molar-refractivity contribution >= 4 is 22.5 Å². The standard InChI is InChI=1S/C33H33NO2/c1-4-28-23(2)29-9-5-6-10-30(29)32-31(28)19-20-33(36-32,25-13-17-27(35-3)18-14-25)24-11-15-26(16-12-24)34-21-7-8-22-34/h5-6,9-20H,4,7-8,21-22H2,1-3H3. The number of anilines is 1. The second-order valence-electron chi connectivity index (χ2n) is 9.89. The van der Waals surface area contributed by atoms with Gasteiger partial charge in [0, 0.05) is 40.9 Å². The number of methoxy groups -OCH3 is 1. The second kappa shape index (κ2) is 9.05. The summed E-state index contributed by atoms with van der Waals surface area (Å²) in [4.78, 5) is 2.47. The van der Waals surface area contributed by atoms with E-state index in [1.807, 2.05) is 12.1 Å². The van der Waals surface area contributed by atoms with Crippen LogP contribution in [0.15, 0.2) is 78.9 Å². The average molecular weight is 476 g/mol. The normalized spacial score (nSPS) is 18.8. The highest BCUT2D eigenvalue weighted by Crippen LogP contribution is 2.47. The Hall–Kier alpha value is -3.72. The molecule has 2 heterocycles. The van der Waals surface area contributed by atoms with Crippen molar-refractivity contribution in [1.29, 1.82) is 0 Å². The van der Waals surface area contributed by atoms with Crippen molar-refractivity contribution in [2.45, 2.75) is 38.7 Å². The highest BCUT2D eigenvalue weighted by atomic mass is 16.5. The molecule has 4 aromatic rings. The minimum atomic E-state index is -0.730. The van der Waals surface area contributed by atoms with Gasteiger partial charge in [-0.3, -0.25) is 0 Å². The van der Waals surface area contributed by atoms with Crippen LogP contribution in [0.3, 0.4) is 0 Å². The van der Waals surface area contributed by atoms with E-state index in [1.54, 1.807) is 7.11 Å². The van der Waals surface area contributed by atoms with E-state index in [9.17, 15) is 0 Å². The molecule has 0 amide bonds. The molecule has 36 heavy (non-hydrogen) atoms. The lowest BCUT2D eigenvalue weighted by molar-refractivity contribution is 0.163. The van der Waals surface area contributed by atoms with Crippen molar-refractivity contribution in [3.8, 4) is 11.5 Å². The molecular weight excluding hydrogens is 442 g/mol. The third kappa shape index (κ3) is 3.57. The molecule has 2 aliphatic rings.